The number of hydrogen-bond donors (Lipinski definition) is 0. The Morgan fingerprint density at radius 3 is 2.38 bits per heavy atom. The Morgan fingerprint density at radius 2 is 1.90 bits per heavy atom. The van der Waals surface area contributed by atoms with Crippen LogP contribution >= 0.6 is 11.6 Å². The van der Waals surface area contributed by atoms with E-state index in [1.54, 1.807) is 33.8 Å². The van der Waals surface area contributed by atoms with Crippen molar-refractivity contribution in [2.45, 2.75) is 38.2 Å². The molecule has 1 aromatic carbocycles. The Hall–Kier alpha value is -1.11. The molecule has 0 fully saturated rings. The molecule has 0 spiro atoms. The molecule has 0 heterocycles. The van der Waals surface area contributed by atoms with E-state index in [-0.39, 0.29) is 11.4 Å². The third kappa shape index (κ3) is 4.98. The molecule has 0 bridgehead atoms. The summed E-state index contributed by atoms with van der Waals surface area (Å²) in [4.78, 5) is 11.8. The number of sulfonamides is 1. The van der Waals surface area contributed by atoms with Crippen LogP contribution in [0.4, 0.5) is 0 Å². The molecule has 5 nitrogen and oxygen atoms in total. The molecule has 118 valence electrons. The summed E-state index contributed by atoms with van der Waals surface area (Å²) in [5.74, 6) is -0.605. The number of hydrogen-bond acceptors (Lipinski definition) is 4. The molecule has 0 aliphatic carbocycles. The normalized spacial score (nSPS) is 12.5. The lowest BCUT2D eigenvalue weighted by atomic mass is 10.2. The van der Waals surface area contributed by atoms with Gasteiger partial charge in [-0.2, -0.15) is 4.31 Å². The number of aryl methyl sites for hydroxylation is 1. The van der Waals surface area contributed by atoms with Gasteiger partial charge in [0.15, 0.2) is 0 Å². The lowest BCUT2D eigenvalue weighted by Gasteiger charge is -2.22. The number of rotatable bonds is 4. The van der Waals surface area contributed by atoms with E-state index in [2.05, 4.69) is 0 Å². The molecule has 0 amide bonds. The van der Waals surface area contributed by atoms with Crippen LogP contribution in [0, 0.1) is 6.92 Å². The van der Waals surface area contributed by atoms with Gasteiger partial charge in [0.05, 0.1) is 4.90 Å². The highest BCUT2D eigenvalue weighted by atomic mass is 35.5. The summed E-state index contributed by atoms with van der Waals surface area (Å²) in [5.41, 5.74) is 0.125. The van der Waals surface area contributed by atoms with Crippen LogP contribution in [-0.4, -0.2) is 37.9 Å². The van der Waals surface area contributed by atoms with Gasteiger partial charge in [-0.3, -0.25) is 4.79 Å². The largest absolute Gasteiger partial charge is 0.459 e. The molecule has 0 aliphatic heterocycles. The molecule has 1 rings (SSSR count). The smallest absolute Gasteiger partial charge is 0.321 e. The first kappa shape index (κ1) is 17.9. The van der Waals surface area contributed by atoms with Crippen molar-refractivity contribution in [1.82, 2.24) is 4.31 Å². The van der Waals surface area contributed by atoms with Gasteiger partial charge in [0, 0.05) is 12.1 Å². The molecule has 1 aromatic rings. The first-order valence-electron chi connectivity index (χ1n) is 6.38. The van der Waals surface area contributed by atoms with E-state index < -0.39 is 21.6 Å². The molecule has 21 heavy (non-hydrogen) atoms. The molecule has 0 saturated heterocycles. The molecular weight excluding hydrogens is 314 g/mol. The zero-order chi connectivity index (χ0) is 16.4. The minimum atomic E-state index is -3.78. The highest BCUT2D eigenvalue weighted by Crippen LogP contribution is 2.22. The summed E-state index contributed by atoms with van der Waals surface area (Å²) in [5, 5.41) is 0.363. The standard InChI is InChI=1S/C14H20ClNO4S/c1-10-6-7-11(8-12(10)15)21(18,19)16(5)9-13(17)20-14(2,3)4/h6-8H,9H2,1-5H3. The summed E-state index contributed by atoms with van der Waals surface area (Å²) in [6.45, 7) is 6.59. The zero-order valence-corrected chi connectivity index (χ0v) is 14.4. The van der Waals surface area contributed by atoms with E-state index in [1.807, 2.05) is 0 Å². The SMILES string of the molecule is Cc1ccc(S(=O)(=O)N(C)CC(=O)OC(C)(C)C)cc1Cl. The first-order chi connectivity index (χ1) is 9.43. The van der Waals surface area contributed by atoms with Crippen LogP contribution in [0.15, 0.2) is 23.1 Å². The number of halogens is 1. The van der Waals surface area contributed by atoms with Crippen LogP contribution in [0.5, 0.6) is 0 Å². The van der Waals surface area contributed by atoms with Gasteiger partial charge < -0.3 is 4.74 Å². The molecule has 0 saturated carbocycles. The van der Waals surface area contributed by atoms with Gasteiger partial charge in [0.25, 0.3) is 0 Å². The molecular formula is C14H20ClNO4S. The van der Waals surface area contributed by atoms with Crippen LogP contribution in [0.1, 0.15) is 26.3 Å². The fourth-order valence-electron chi connectivity index (χ4n) is 1.55. The lowest BCUT2D eigenvalue weighted by molar-refractivity contribution is -0.154. The van der Waals surface area contributed by atoms with Crippen molar-refractivity contribution in [1.29, 1.82) is 0 Å². The van der Waals surface area contributed by atoms with Crippen LogP contribution in [0.2, 0.25) is 5.02 Å². The third-order valence-corrected chi connectivity index (χ3v) is 4.83. The lowest BCUT2D eigenvalue weighted by Crippen LogP contribution is -2.36. The number of nitrogens with zero attached hydrogens (tertiary/aromatic N) is 1. The summed E-state index contributed by atoms with van der Waals surface area (Å²) in [7, 11) is -2.45. The number of benzene rings is 1. The summed E-state index contributed by atoms with van der Waals surface area (Å²) < 4.78 is 30.8. The number of esters is 1. The van der Waals surface area contributed by atoms with Crippen molar-refractivity contribution in [3.8, 4) is 0 Å². The maximum Gasteiger partial charge on any atom is 0.321 e. The Balaban J connectivity index is 2.92. The van der Waals surface area contributed by atoms with Gasteiger partial charge in [-0.1, -0.05) is 17.7 Å². The Bertz CT molecular complexity index is 635. The van der Waals surface area contributed by atoms with Crippen LogP contribution in [0.3, 0.4) is 0 Å². The highest BCUT2D eigenvalue weighted by Gasteiger charge is 2.26. The zero-order valence-electron chi connectivity index (χ0n) is 12.8. The highest BCUT2D eigenvalue weighted by molar-refractivity contribution is 7.89. The molecule has 0 unspecified atom stereocenters. The predicted octanol–water partition coefficient (Wildman–Crippen LogP) is 2.61. The van der Waals surface area contributed by atoms with E-state index in [4.69, 9.17) is 16.3 Å². The second kappa shape index (κ2) is 6.34. The molecule has 0 aromatic heterocycles. The number of likely N-dealkylation sites (N-methyl/N-ethyl adjacent to an activating group) is 1. The van der Waals surface area contributed by atoms with Crippen molar-refractivity contribution in [3.63, 3.8) is 0 Å². The Morgan fingerprint density at radius 1 is 1.33 bits per heavy atom. The van der Waals surface area contributed by atoms with Crippen LogP contribution < -0.4 is 0 Å². The summed E-state index contributed by atoms with van der Waals surface area (Å²) >= 11 is 5.94. The maximum atomic E-state index is 12.4. The predicted molar refractivity (Wildman–Crippen MR) is 81.8 cm³/mol. The average Bonchev–Trinajstić information content (AvgIpc) is 2.29. The quantitative estimate of drug-likeness (QED) is 0.794. The molecule has 0 radical (unpaired) electrons. The van der Waals surface area contributed by atoms with Gasteiger partial charge in [-0.25, -0.2) is 8.42 Å². The van der Waals surface area contributed by atoms with Crippen molar-refractivity contribution >= 4 is 27.6 Å². The van der Waals surface area contributed by atoms with E-state index in [0.717, 1.165) is 9.87 Å². The minimum absolute atomic E-state index is 0.0455. The molecule has 0 atom stereocenters. The van der Waals surface area contributed by atoms with Crippen LogP contribution in [-0.2, 0) is 19.6 Å². The second-order valence-corrected chi connectivity index (χ2v) is 8.21. The average molecular weight is 334 g/mol. The maximum absolute atomic E-state index is 12.4. The van der Waals surface area contributed by atoms with Gasteiger partial charge in [0.2, 0.25) is 10.0 Å². The topological polar surface area (TPSA) is 63.7 Å². The monoisotopic (exact) mass is 333 g/mol. The summed E-state index contributed by atoms with van der Waals surface area (Å²) in [6, 6.07) is 4.45. The fourth-order valence-corrected chi connectivity index (χ4v) is 2.94. The molecule has 0 aliphatic rings. The van der Waals surface area contributed by atoms with Gasteiger partial charge in [-0.15, -0.1) is 0 Å². The van der Waals surface area contributed by atoms with Gasteiger partial charge >= 0.3 is 5.97 Å². The van der Waals surface area contributed by atoms with Gasteiger partial charge in [-0.05, 0) is 45.4 Å². The Kier molecular flexibility index (Phi) is 5.41. The van der Waals surface area contributed by atoms with Crippen molar-refractivity contribution in [3.05, 3.63) is 28.8 Å². The number of carbonyl (C=O) groups excluding carboxylic acids is 1. The molecule has 7 heteroatoms. The van der Waals surface area contributed by atoms with Crippen molar-refractivity contribution in [2.24, 2.45) is 0 Å². The minimum Gasteiger partial charge on any atom is -0.459 e. The van der Waals surface area contributed by atoms with Crippen LogP contribution in [0.25, 0.3) is 0 Å². The Labute approximate surface area is 130 Å². The molecule has 0 N–H and O–H groups in total. The fraction of sp³-hybridized carbons (Fsp3) is 0.500. The van der Waals surface area contributed by atoms with Crippen molar-refractivity contribution in [2.75, 3.05) is 13.6 Å². The third-order valence-electron chi connectivity index (χ3n) is 2.62. The van der Waals surface area contributed by atoms with Crippen molar-refractivity contribution < 1.29 is 17.9 Å². The van der Waals surface area contributed by atoms with Gasteiger partial charge in [0.1, 0.15) is 12.1 Å². The second-order valence-electron chi connectivity index (χ2n) is 5.76. The number of ether oxygens (including phenoxy) is 1. The van der Waals surface area contributed by atoms with E-state index in [0.29, 0.717) is 5.02 Å². The number of carbonyl (C=O) groups is 1. The van der Waals surface area contributed by atoms with E-state index in [1.165, 1.54) is 19.2 Å². The van der Waals surface area contributed by atoms with E-state index in [9.17, 15) is 13.2 Å². The summed E-state index contributed by atoms with van der Waals surface area (Å²) in [6.07, 6.45) is 0. The first-order valence-corrected chi connectivity index (χ1v) is 8.19. The van der Waals surface area contributed by atoms with E-state index >= 15 is 0 Å².